The lowest BCUT2D eigenvalue weighted by Gasteiger charge is -2.18. The third-order valence-electron chi connectivity index (χ3n) is 3.39. The average molecular weight is 296 g/mol. The minimum atomic E-state index is -0.943. The second kappa shape index (κ2) is 8.15. The van der Waals surface area contributed by atoms with Crippen molar-refractivity contribution in [3.8, 4) is 0 Å². The number of carbonyl (C=O) groups is 1. The highest BCUT2D eigenvalue weighted by atomic mass is 16.5. The molecule has 2 atom stereocenters. The summed E-state index contributed by atoms with van der Waals surface area (Å²) < 4.78 is 5.59. The Balaban J connectivity index is 1.98. The van der Waals surface area contributed by atoms with Crippen molar-refractivity contribution in [3.63, 3.8) is 0 Å². The minimum absolute atomic E-state index is 0.221. The monoisotopic (exact) mass is 296 g/mol. The molecule has 0 spiro atoms. The number of rotatable bonds is 7. The molecule has 0 radical (unpaired) electrons. The molecule has 2 aromatic rings. The van der Waals surface area contributed by atoms with Crippen LogP contribution in [-0.4, -0.2) is 17.2 Å². The molecule has 3 heteroatoms. The highest BCUT2D eigenvalue weighted by molar-refractivity contribution is 5.73. The van der Waals surface area contributed by atoms with E-state index in [2.05, 4.69) is 0 Å². The van der Waals surface area contributed by atoms with Crippen LogP contribution in [0.15, 0.2) is 66.7 Å². The van der Waals surface area contributed by atoms with Crippen molar-refractivity contribution in [1.82, 2.24) is 0 Å². The Bertz CT molecular complexity index is 605. The van der Waals surface area contributed by atoms with Crippen LogP contribution in [0.5, 0.6) is 0 Å². The fourth-order valence-corrected chi connectivity index (χ4v) is 2.14. The zero-order valence-electron chi connectivity index (χ0n) is 12.6. The highest BCUT2D eigenvalue weighted by Crippen LogP contribution is 2.15. The molecule has 0 saturated heterocycles. The first-order valence-electron chi connectivity index (χ1n) is 7.28. The molecule has 0 aliphatic carbocycles. The summed E-state index contributed by atoms with van der Waals surface area (Å²) in [6, 6.07) is 19.4. The quantitative estimate of drug-likeness (QED) is 0.840. The van der Waals surface area contributed by atoms with Crippen LogP contribution < -0.4 is 0 Å². The summed E-state index contributed by atoms with van der Waals surface area (Å²) in [4.78, 5) is 11.4. The normalized spacial score (nSPS) is 13.9. The summed E-state index contributed by atoms with van der Waals surface area (Å²) in [6.45, 7) is 2.14. The van der Waals surface area contributed by atoms with Crippen LogP contribution in [0.2, 0.25) is 0 Å². The minimum Gasteiger partial charge on any atom is -0.479 e. The molecule has 2 aromatic carbocycles. The van der Waals surface area contributed by atoms with E-state index in [0.717, 1.165) is 11.1 Å². The molecule has 0 aliphatic rings. The molecule has 0 bridgehead atoms. The van der Waals surface area contributed by atoms with E-state index in [9.17, 15) is 9.90 Å². The van der Waals surface area contributed by atoms with Gasteiger partial charge in [0.2, 0.25) is 0 Å². The average Bonchev–Trinajstić information content (AvgIpc) is 2.55. The van der Waals surface area contributed by atoms with Gasteiger partial charge in [-0.25, -0.2) is 4.79 Å². The molecular weight excluding hydrogens is 276 g/mol. The number of benzene rings is 2. The van der Waals surface area contributed by atoms with Crippen molar-refractivity contribution < 1.29 is 14.6 Å². The molecule has 0 unspecified atom stereocenters. The number of hydrogen-bond acceptors (Lipinski definition) is 2. The Kier molecular flexibility index (Phi) is 5.92. The molecule has 1 N–H and O–H groups in total. The molecule has 0 heterocycles. The second-order valence-electron chi connectivity index (χ2n) is 5.18. The van der Waals surface area contributed by atoms with E-state index in [1.165, 1.54) is 0 Å². The van der Waals surface area contributed by atoms with Gasteiger partial charge < -0.3 is 9.84 Å². The largest absolute Gasteiger partial charge is 0.479 e. The number of aliphatic carboxylic acids is 1. The lowest BCUT2D eigenvalue weighted by Crippen LogP contribution is -2.29. The summed E-state index contributed by atoms with van der Waals surface area (Å²) in [5, 5.41) is 9.36. The lowest BCUT2D eigenvalue weighted by atomic mass is 10.0. The van der Waals surface area contributed by atoms with Crippen LogP contribution in [0, 0.1) is 5.92 Å². The van der Waals surface area contributed by atoms with Gasteiger partial charge in [0.15, 0.2) is 6.10 Å². The van der Waals surface area contributed by atoms with Gasteiger partial charge in [0, 0.05) is 5.92 Å². The summed E-state index contributed by atoms with van der Waals surface area (Å²) in [5.41, 5.74) is 2.01. The molecule has 0 aromatic heterocycles. The van der Waals surface area contributed by atoms with Crippen LogP contribution in [0.4, 0.5) is 0 Å². The zero-order valence-corrected chi connectivity index (χ0v) is 12.6. The summed E-state index contributed by atoms with van der Waals surface area (Å²) in [7, 11) is 0. The highest BCUT2D eigenvalue weighted by Gasteiger charge is 2.23. The summed E-state index contributed by atoms with van der Waals surface area (Å²) in [6.07, 6.45) is 2.94. The van der Waals surface area contributed by atoms with E-state index in [0.29, 0.717) is 6.61 Å². The van der Waals surface area contributed by atoms with Crippen LogP contribution in [-0.2, 0) is 16.1 Å². The van der Waals surface area contributed by atoms with Crippen molar-refractivity contribution in [1.29, 1.82) is 0 Å². The summed E-state index contributed by atoms with van der Waals surface area (Å²) in [5.74, 6) is -1.16. The van der Waals surface area contributed by atoms with Gasteiger partial charge in [0.05, 0.1) is 6.61 Å². The van der Waals surface area contributed by atoms with Crippen LogP contribution in [0.3, 0.4) is 0 Å². The maximum atomic E-state index is 11.4. The predicted molar refractivity (Wildman–Crippen MR) is 87.3 cm³/mol. The predicted octanol–water partition coefficient (Wildman–Crippen LogP) is 4.01. The fraction of sp³-hybridized carbons (Fsp3) is 0.211. The van der Waals surface area contributed by atoms with Gasteiger partial charge in [-0.3, -0.25) is 0 Å². The Morgan fingerprint density at radius 1 is 1.09 bits per heavy atom. The molecule has 0 fully saturated rings. The van der Waals surface area contributed by atoms with Crippen molar-refractivity contribution >= 4 is 12.0 Å². The molecule has 3 nitrogen and oxygen atoms in total. The molecule has 0 saturated carbocycles. The Hall–Kier alpha value is -2.39. The van der Waals surface area contributed by atoms with Crippen molar-refractivity contribution in [2.75, 3.05) is 0 Å². The van der Waals surface area contributed by atoms with Gasteiger partial charge in [-0.05, 0) is 11.1 Å². The smallest absolute Gasteiger partial charge is 0.333 e. The number of hydrogen-bond donors (Lipinski definition) is 1. The van der Waals surface area contributed by atoms with Gasteiger partial charge in [-0.2, -0.15) is 0 Å². The molecule has 0 aliphatic heterocycles. The topological polar surface area (TPSA) is 46.5 Å². The Morgan fingerprint density at radius 2 is 1.68 bits per heavy atom. The van der Waals surface area contributed by atoms with Gasteiger partial charge in [-0.1, -0.05) is 79.7 Å². The van der Waals surface area contributed by atoms with Crippen LogP contribution in [0.1, 0.15) is 18.1 Å². The molecular formula is C19H20O3. The standard InChI is InChI=1S/C19H20O3/c1-15(12-13-16-8-4-2-5-9-16)18(19(20)21)22-14-17-10-6-3-7-11-17/h2-13,15,18H,14H2,1H3,(H,20,21)/b13-12+/t15-,18-/m0/s1. The maximum Gasteiger partial charge on any atom is 0.333 e. The molecule has 0 amide bonds. The third kappa shape index (κ3) is 4.86. The van der Waals surface area contributed by atoms with Crippen molar-refractivity contribution in [2.24, 2.45) is 5.92 Å². The molecule has 22 heavy (non-hydrogen) atoms. The van der Waals surface area contributed by atoms with E-state index in [4.69, 9.17) is 4.74 Å². The van der Waals surface area contributed by atoms with E-state index in [1.807, 2.05) is 79.7 Å². The van der Waals surface area contributed by atoms with E-state index in [-0.39, 0.29) is 5.92 Å². The first-order chi connectivity index (χ1) is 10.7. The first kappa shape index (κ1) is 16.0. The second-order valence-corrected chi connectivity index (χ2v) is 5.18. The fourth-order valence-electron chi connectivity index (χ4n) is 2.14. The van der Waals surface area contributed by atoms with Crippen molar-refractivity contribution in [3.05, 3.63) is 77.9 Å². The van der Waals surface area contributed by atoms with E-state index >= 15 is 0 Å². The molecule has 2 rings (SSSR count). The van der Waals surface area contributed by atoms with Crippen molar-refractivity contribution in [2.45, 2.75) is 19.6 Å². The SMILES string of the molecule is C[C@@H](/C=C/c1ccccc1)[C@H](OCc1ccccc1)C(=O)O. The zero-order chi connectivity index (χ0) is 15.8. The maximum absolute atomic E-state index is 11.4. The van der Waals surface area contributed by atoms with Gasteiger partial charge in [-0.15, -0.1) is 0 Å². The Morgan fingerprint density at radius 3 is 2.27 bits per heavy atom. The van der Waals surface area contributed by atoms with Crippen LogP contribution >= 0.6 is 0 Å². The number of ether oxygens (including phenoxy) is 1. The van der Waals surface area contributed by atoms with E-state index in [1.54, 1.807) is 0 Å². The summed E-state index contributed by atoms with van der Waals surface area (Å²) >= 11 is 0. The number of carboxylic acids is 1. The Labute approximate surface area is 130 Å². The molecule has 114 valence electrons. The first-order valence-corrected chi connectivity index (χ1v) is 7.28. The third-order valence-corrected chi connectivity index (χ3v) is 3.39. The lowest BCUT2D eigenvalue weighted by molar-refractivity contribution is -0.153. The number of carboxylic acid groups (broad SMARTS) is 1. The van der Waals surface area contributed by atoms with Gasteiger partial charge in [0.1, 0.15) is 0 Å². The van der Waals surface area contributed by atoms with Gasteiger partial charge >= 0.3 is 5.97 Å². The van der Waals surface area contributed by atoms with Gasteiger partial charge in [0.25, 0.3) is 0 Å². The van der Waals surface area contributed by atoms with Crippen LogP contribution in [0.25, 0.3) is 6.08 Å². The van der Waals surface area contributed by atoms with E-state index < -0.39 is 12.1 Å².